The molecule has 17 heavy (non-hydrogen) atoms. The van der Waals surface area contributed by atoms with Crippen molar-refractivity contribution in [2.45, 2.75) is 25.7 Å². The molecule has 2 aromatic heterocycles. The van der Waals surface area contributed by atoms with Gasteiger partial charge in [-0.2, -0.15) is 5.10 Å². The molecule has 0 radical (unpaired) electrons. The van der Waals surface area contributed by atoms with Crippen LogP contribution in [0, 0.1) is 6.92 Å². The molecule has 1 aliphatic carbocycles. The van der Waals surface area contributed by atoms with Crippen LogP contribution in [0.3, 0.4) is 0 Å². The van der Waals surface area contributed by atoms with Crippen molar-refractivity contribution in [1.82, 2.24) is 19.7 Å². The Kier molecular flexibility index (Phi) is 2.40. The summed E-state index contributed by atoms with van der Waals surface area (Å²) in [4.78, 5) is 8.88. The summed E-state index contributed by atoms with van der Waals surface area (Å²) in [6, 6.07) is 1.87. The summed E-state index contributed by atoms with van der Waals surface area (Å²) in [5.74, 6) is 1.26. The van der Waals surface area contributed by atoms with Crippen molar-refractivity contribution >= 4 is 11.6 Å². The lowest BCUT2D eigenvalue weighted by atomic mass is 10.2. The molecule has 3 rings (SSSR count). The summed E-state index contributed by atoms with van der Waals surface area (Å²) in [6.07, 6.45) is 4.34. The maximum atomic E-state index is 6.05. The van der Waals surface area contributed by atoms with E-state index >= 15 is 0 Å². The number of halogens is 1. The molecular formula is C12H13ClN4. The lowest BCUT2D eigenvalue weighted by Gasteiger charge is -2.02. The van der Waals surface area contributed by atoms with E-state index in [9.17, 15) is 0 Å². The quantitative estimate of drug-likeness (QED) is 0.768. The Labute approximate surface area is 105 Å². The van der Waals surface area contributed by atoms with Gasteiger partial charge in [0.25, 0.3) is 0 Å². The van der Waals surface area contributed by atoms with E-state index in [1.807, 2.05) is 26.2 Å². The highest BCUT2D eigenvalue weighted by Crippen LogP contribution is 2.40. The van der Waals surface area contributed by atoms with Crippen LogP contribution in [-0.2, 0) is 7.05 Å². The van der Waals surface area contributed by atoms with Crippen LogP contribution in [0.5, 0.6) is 0 Å². The normalized spacial score (nSPS) is 15.2. The molecule has 1 fully saturated rings. The number of nitrogens with zero attached hydrogens (tertiary/aromatic N) is 4. The Balaban J connectivity index is 2.10. The van der Waals surface area contributed by atoms with Crippen molar-refractivity contribution in [2.75, 3.05) is 0 Å². The van der Waals surface area contributed by atoms with Gasteiger partial charge in [-0.3, -0.25) is 4.68 Å². The average molecular weight is 249 g/mol. The van der Waals surface area contributed by atoms with Gasteiger partial charge in [0, 0.05) is 24.9 Å². The number of aromatic nitrogens is 4. The number of hydrogen-bond donors (Lipinski definition) is 0. The molecule has 0 aromatic carbocycles. The highest BCUT2D eigenvalue weighted by molar-refractivity contribution is 6.29. The van der Waals surface area contributed by atoms with Crippen LogP contribution in [0.25, 0.3) is 11.4 Å². The first-order valence-corrected chi connectivity index (χ1v) is 6.06. The maximum absolute atomic E-state index is 6.05. The van der Waals surface area contributed by atoms with Gasteiger partial charge in [0.05, 0.1) is 11.3 Å². The van der Waals surface area contributed by atoms with Gasteiger partial charge in [-0.05, 0) is 25.8 Å². The van der Waals surface area contributed by atoms with Crippen LogP contribution in [0.2, 0.25) is 5.15 Å². The monoisotopic (exact) mass is 248 g/mol. The molecule has 1 saturated carbocycles. The zero-order valence-corrected chi connectivity index (χ0v) is 10.6. The summed E-state index contributed by atoms with van der Waals surface area (Å²) >= 11 is 6.05. The third-order valence-corrected chi connectivity index (χ3v) is 3.16. The minimum atomic E-state index is 0.514. The average Bonchev–Trinajstić information content (AvgIpc) is 3.04. The Bertz CT molecular complexity index is 572. The van der Waals surface area contributed by atoms with E-state index in [4.69, 9.17) is 11.6 Å². The molecule has 0 unspecified atom stereocenters. The van der Waals surface area contributed by atoms with Gasteiger partial charge in [-0.25, -0.2) is 9.97 Å². The van der Waals surface area contributed by atoms with Crippen LogP contribution in [0.4, 0.5) is 0 Å². The highest BCUT2D eigenvalue weighted by atomic mass is 35.5. The zero-order chi connectivity index (χ0) is 12.0. The highest BCUT2D eigenvalue weighted by Gasteiger charge is 2.26. The van der Waals surface area contributed by atoms with Gasteiger partial charge in [0.2, 0.25) is 0 Å². The Morgan fingerprint density at radius 3 is 2.71 bits per heavy atom. The molecular weight excluding hydrogens is 236 g/mol. The molecule has 0 spiro atoms. The lowest BCUT2D eigenvalue weighted by Crippen LogP contribution is -1.95. The first kappa shape index (κ1) is 10.7. The SMILES string of the molecule is Cc1nn(C)cc1-c1nc(Cl)cc(C2CC2)n1. The van der Waals surface area contributed by atoms with Gasteiger partial charge in [-0.1, -0.05) is 11.6 Å². The number of hydrogen-bond acceptors (Lipinski definition) is 3. The fourth-order valence-corrected chi connectivity index (χ4v) is 2.15. The van der Waals surface area contributed by atoms with Crippen molar-refractivity contribution in [1.29, 1.82) is 0 Å². The van der Waals surface area contributed by atoms with Crippen molar-refractivity contribution in [2.24, 2.45) is 7.05 Å². The van der Waals surface area contributed by atoms with E-state index in [2.05, 4.69) is 15.1 Å². The van der Waals surface area contributed by atoms with Crippen molar-refractivity contribution in [3.63, 3.8) is 0 Å². The van der Waals surface area contributed by atoms with Gasteiger partial charge >= 0.3 is 0 Å². The molecule has 5 heteroatoms. The predicted octanol–water partition coefficient (Wildman–Crippen LogP) is 2.72. The summed E-state index contributed by atoms with van der Waals surface area (Å²) in [7, 11) is 1.89. The lowest BCUT2D eigenvalue weighted by molar-refractivity contribution is 0.756. The second kappa shape index (κ2) is 3.81. The largest absolute Gasteiger partial charge is 0.275 e. The van der Waals surface area contributed by atoms with Gasteiger partial charge in [-0.15, -0.1) is 0 Å². The summed E-state index contributed by atoms with van der Waals surface area (Å²) in [6.45, 7) is 1.95. The smallest absolute Gasteiger partial charge is 0.164 e. The molecule has 4 nitrogen and oxygen atoms in total. The second-order valence-corrected chi connectivity index (χ2v) is 4.90. The fraction of sp³-hybridized carbons (Fsp3) is 0.417. The standard InChI is InChI=1S/C12H13ClN4/c1-7-9(6-17(2)16-7)12-14-10(8-3-4-8)5-11(13)15-12/h5-6,8H,3-4H2,1-2H3. The minimum absolute atomic E-state index is 0.514. The van der Waals surface area contributed by atoms with E-state index in [1.54, 1.807) is 4.68 Å². The minimum Gasteiger partial charge on any atom is -0.275 e. The van der Waals surface area contributed by atoms with Crippen molar-refractivity contribution in [3.8, 4) is 11.4 Å². The van der Waals surface area contributed by atoms with Crippen molar-refractivity contribution < 1.29 is 0 Å². The van der Waals surface area contributed by atoms with E-state index in [-0.39, 0.29) is 0 Å². The van der Waals surface area contributed by atoms with Crippen LogP contribution in [-0.4, -0.2) is 19.7 Å². The molecule has 0 aliphatic heterocycles. The number of aryl methyl sites for hydroxylation is 2. The summed E-state index contributed by atoms with van der Waals surface area (Å²) in [5.41, 5.74) is 2.94. The molecule has 88 valence electrons. The predicted molar refractivity (Wildman–Crippen MR) is 66.0 cm³/mol. The van der Waals surface area contributed by atoms with Crippen LogP contribution >= 0.6 is 11.6 Å². The molecule has 0 atom stereocenters. The number of rotatable bonds is 2. The third kappa shape index (κ3) is 2.05. The third-order valence-electron chi connectivity index (χ3n) is 2.96. The zero-order valence-electron chi connectivity index (χ0n) is 9.81. The first-order chi connectivity index (χ1) is 8.13. The fourth-order valence-electron chi connectivity index (χ4n) is 1.96. The molecule has 0 N–H and O–H groups in total. The maximum Gasteiger partial charge on any atom is 0.164 e. The van der Waals surface area contributed by atoms with Gasteiger partial charge in [0.1, 0.15) is 5.15 Å². The van der Waals surface area contributed by atoms with E-state index in [0.29, 0.717) is 16.9 Å². The Hall–Kier alpha value is -1.42. The Morgan fingerprint density at radius 1 is 1.35 bits per heavy atom. The van der Waals surface area contributed by atoms with Crippen molar-refractivity contribution in [3.05, 3.63) is 28.8 Å². The van der Waals surface area contributed by atoms with Crippen LogP contribution < -0.4 is 0 Å². The van der Waals surface area contributed by atoms with Gasteiger partial charge in [0.15, 0.2) is 5.82 Å². The van der Waals surface area contributed by atoms with Crippen LogP contribution in [0.15, 0.2) is 12.3 Å². The van der Waals surface area contributed by atoms with E-state index in [0.717, 1.165) is 17.0 Å². The molecule has 2 heterocycles. The molecule has 0 bridgehead atoms. The topological polar surface area (TPSA) is 43.6 Å². The molecule has 0 amide bonds. The summed E-state index contributed by atoms with van der Waals surface area (Å²) < 4.78 is 1.77. The van der Waals surface area contributed by atoms with E-state index in [1.165, 1.54) is 12.8 Å². The molecule has 2 aromatic rings. The molecule has 0 saturated heterocycles. The Morgan fingerprint density at radius 2 is 2.12 bits per heavy atom. The summed E-state index contributed by atoms with van der Waals surface area (Å²) in [5, 5.41) is 4.81. The van der Waals surface area contributed by atoms with Gasteiger partial charge < -0.3 is 0 Å². The van der Waals surface area contributed by atoms with Crippen LogP contribution in [0.1, 0.15) is 30.1 Å². The molecule has 1 aliphatic rings. The van der Waals surface area contributed by atoms with E-state index < -0.39 is 0 Å². The first-order valence-electron chi connectivity index (χ1n) is 5.68. The second-order valence-electron chi connectivity index (χ2n) is 4.52.